The molecule has 0 aliphatic heterocycles. The molecule has 0 fully saturated rings. The minimum atomic E-state index is -0.472. The molecule has 10 heavy (non-hydrogen) atoms. The zero-order valence-electron chi connectivity index (χ0n) is 5.48. The highest BCUT2D eigenvalue weighted by Gasteiger charge is 1.82. The Morgan fingerprint density at radius 3 is 2.70 bits per heavy atom. The van der Waals surface area contributed by atoms with Gasteiger partial charge in [0.25, 0.3) is 0 Å². The predicted octanol–water partition coefficient (Wildman–Crippen LogP) is 2.26. The number of alkyl halides is 1. The summed E-state index contributed by atoms with van der Waals surface area (Å²) in [5.74, 6) is 0. The molecule has 0 heterocycles. The molecule has 0 atom stereocenters. The fourth-order valence-electron chi connectivity index (χ4n) is 0.382. The number of hydrogen-bond acceptors (Lipinski definition) is 1. The third kappa shape index (κ3) is 5.56. The molecule has 0 radical (unpaired) electrons. The van der Waals surface area contributed by atoms with Crippen LogP contribution in [0.4, 0.5) is 4.39 Å². The molecule has 56 valence electrons. The lowest BCUT2D eigenvalue weighted by Gasteiger charge is -1.88. The molecule has 0 aliphatic rings. The first-order chi connectivity index (χ1) is 4.66. The van der Waals surface area contributed by atoms with E-state index in [0.29, 0.717) is 5.70 Å². The summed E-state index contributed by atoms with van der Waals surface area (Å²) in [5.41, 5.74) is 5.68. The molecule has 3 heteroatoms. The molecule has 1 nitrogen and oxygen atoms in total. The molecule has 0 rings (SSSR count). The number of nitrogens with two attached hydrogens (primary N) is 1. The largest absolute Gasteiger partial charge is 0.399 e. The van der Waals surface area contributed by atoms with Crippen molar-refractivity contribution < 1.29 is 4.39 Å². The van der Waals surface area contributed by atoms with Gasteiger partial charge in [0.15, 0.2) is 0 Å². The smallest absolute Gasteiger partial charge is 0.108 e. The van der Waals surface area contributed by atoms with Gasteiger partial charge in [-0.1, -0.05) is 28.6 Å². The van der Waals surface area contributed by atoms with E-state index in [-0.39, 0.29) is 0 Å². The normalized spacial score (nSPS) is 12.4. The van der Waals surface area contributed by atoms with Crippen LogP contribution in [0, 0.1) is 0 Å². The highest BCUT2D eigenvalue weighted by Crippen LogP contribution is 2.07. The number of halogens is 2. The average Bonchev–Trinajstić information content (AvgIpc) is 1.82. The summed E-state index contributed by atoms with van der Waals surface area (Å²) in [6.45, 7) is 2.97. The molecule has 0 aromatic rings. The maximum Gasteiger partial charge on any atom is 0.108 e. The second-order valence-corrected chi connectivity index (χ2v) is 2.58. The van der Waals surface area contributed by atoms with Crippen LogP contribution < -0.4 is 5.73 Å². The monoisotopic (exact) mass is 205 g/mol. The molecule has 0 saturated carbocycles. The van der Waals surface area contributed by atoms with Gasteiger partial charge in [0.1, 0.15) is 6.67 Å². The van der Waals surface area contributed by atoms with Crippen LogP contribution in [-0.4, -0.2) is 6.67 Å². The molecule has 0 bridgehead atoms. The SMILES string of the molecule is C=C(N)/C=C(Br)\C=C/CF. The molecular weight excluding hydrogens is 197 g/mol. The lowest BCUT2D eigenvalue weighted by molar-refractivity contribution is 0.562. The summed E-state index contributed by atoms with van der Waals surface area (Å²) < 4.78 is 12.2. The van der Waals surface area contributed by atoms with Crippen molar-refractivity contribution >= 4 is 15.9 Å². The van der Waals surface area contributed by atoms with Crippen LogP contribution in [0.25, 0.3) is 0 Å². The Balaban J connectivity index is 3.94. The van der Waals surface area contributed by atoms with Crippen LogP contribution in [0.5, 0.6) is 0 Å². The van der Waals surface area contributed by atoms with Crippen molar-refractivity contribution in [3.8, 4) is 0 Å². The fourth-order valence-corrected chi connectivity index (χ4v) is 0.863. The maximum atomic E-state index is 11.5. The first-order valence-corrected chi connectivity index (χ1v) is 3.50. The molecule has 0 aromatic carbocycles. The second kappa shape index (κ2) is 5.23. The van der Waals surface area contributed by atoms with E-state index in [1.165, 1.54) is 6.08 Å². The van der Waals surface area contributed by atoms with E-state index in [9.17, 15) is 4.39 Å². The van der Waals surface area contributed by atoms with Gasteiger partial charge < -0.3 is 5.73 Å². The van der Waals surface area contributed by atoms with Gasteiger partial charge in [0.2, 0.25) is 0 Å². The van der Waals surface area contributed by atoms with Crippen molar-refractivity contribution in [2.24, 2.45) is 5.73 Å². The van der Waals surface area contributed by atoms with Crippen LogP contribution in [0.3, 0.4) is 0 Å². The van der Waals surface area contributed by atoms with Crippen LogP contribution in [0.1, 0.15) is 0 Å². The Hall–Kier alpha value is -0.570. The Bertz CT molecular complexity index is 172. The number of allylic oxidation sites excluding steroid dienone is 4. The van der Waals surface area contributed by atoms with Crippen molar-refractivity contribution in [2.75, 3.05) is 6.67 Å². The molecule has 0 aliphatic carbocycles. The van der Waals surface area contributed by atoms with E-state index < -0.39 is 6.67 Å². The van der Waals surface area contributed by atoms with Gasteiger partial charge in [-0.2, -0.15) is 0 Å². The van der Waals surface area contributed by atoms with Crippen molar-refractivity contribution in [1.82, 2.24) is 0 Å². The minimum Gasteiger partial charge on any atom is -0.399 e. The van der Waals surface area contributed by atoms with Gasteiger partial charge in [-0.15, -0.1) is 0 Å². The molecule has 0 spiro atoms. The van der Waals surface area contributed by atoms with E-state index in [2.05, 4.69) is 22.5 Å². The predicted molar refractivity (Wildman–Crippen MR) is 45.5 cm³/mol. The lowest BCUT2D eigenvalue weighted by Crippen LogP contribution is -1.88. The summed E-state index contributed by atoms with van der Waals surface area (Å²) in [6, 6.07) is 0. The molecule has 0 saturated heterocycles. The second-order valence-electron chi connectivity index (χ2n) is 1.66. The quantitative estimate of drug-likeness (QED) is 0.704. The standard InChI is InChI=1S/C7H9BrFN/c1-6(10)5-7(8)3-2-4-9/h2-3,5H,1,4,10H2/b3-2-,7-5+. The van der Waals surface area contributed by atoms with Crippen molar-refractivity contribution in [1.29, 1.82) is 0 Å². The van der Waals surface area contributed by atoms with Gasteiger partial charge in [-0.3, -0.25) is 0 Å². The lowest BCUT2D eigenvalue weighted by atomic mass is 10.4. The molecule has 2 N–H and O–H groups in total. The molecular formula is C7H9BrFN. The zero-order chi connectivity index (χ0) is 7.98. The van der Waals surface area contributed by atoms with Crippen LogP contribution >= 0.6 is 15.9 Å². The number of hydrogen-bond donors (Lipinski definition) is 1. The minimum absolute atomic E-state index is 0.440. The van der Waals surface area contributed by atoms with Gasteiger partial charge in [-0.05, 0) is 12.2 Å². The highest BCUT2D eigenvalue weighted by atomic mass is 79.9. The third-order valence-electron chi connectivity index (χ3n) is 0.689. The van der Waals surface area contributed by atoms with Crippen molar-refractivity contribution in [3.63, 3.8) is 0 Å². The van der Waals surface area contributed by atoms with Crippen molar-refractivity contribution in [3.05, 3.63) is 35.0 Å². The van der Waals surface area contributed by atoms with Crippen molar-refractivity contribution in [2.45, 2.75) is 0 Å². The van der Waals surface area contributed by atoms with E-state index in [4.69, 9.17) is 5.73 Å². The van der Waals surface area contributed by atoms with Gasteiger partial charge in [0, 0.05) is 10.2 Å². The summed E-state index contributed by atoms with van der Waals surface area (Å²) in [6.07, 6.45) is 4.56. The van der Waals surface area contributed by atoms with E-state index in [1.54, 1.807) is 12.2 Å². The third-order valence-corrected chi connectivity index (χ3v) is 1.18. The van der Waals surface area contributed by atoms with E-state index in [0.717, 1.165) is 4.48 Å². The number of rotatable bonds is 3. The van der Waals surface area contributed by atoms with Gasteiger partial charge in [0.05, 0.1) is 0 Å². The van der Waals surface area contributed by atoms with E-state index in [1.807, 2.05) is 0 Å². The topological polar surface area (TPSA) is 26.0 Å². The summed E-state index contributed by atoms with van der Waals surface area (Å²) in [7, 11) is 0. The van der Waals surface area contributed by atoms with Gasteiger partial charge in [-0.25, -0.2) is 4.39 Å². The average molecular weight is 206 g/mol. The Morgan fingerprint density at radius 1 is 1.70 bits per heavy atom. The first kappa shape index (κ1) is 9.43. The van der Waals surface area contributed by atoms with Gasteiger partial charge >= 0.3 is 0 Å². The fraction of sp³-hybridized carbons (Fsp3) is 0.143. The summed E-state index contributed by atoms with van der Waals surface area (Å²) in [5, 5.41) is 0. The highest BCUT2D eigenvalue weighted by molar-refractivity contribution is 9.11. The van der Waals surface area contributed by atoms with E-state index >= 15 is 0 Å². The summed E-state index contributed by atoms with van der Waals surface area (Å²) >= 11 is 3.15. The maximum absolute atomic E-state index is 11.5. The Kier molecular flexibility index (Phi) is 4.94. The van der Waals surface area contributed by atoms with Crippen LogP contribution in [-0.2, 0) is 0 Å². The van der Waals surface area contributed by atoms with Crippen LogP contribution in [0.2, 0.25) is 0 Å². The Labute approximate surface area is 68.2 Å². The molecule has 0 aromatic heterocycles. The Morgan fingerprint density at radius 2 is 2.30 bits per heavy atom. The zero-order valence-corrected chi connectivity index (χ0v) is 7.07. The first-order valence-electron chi connectivity index (χ1n) is 2.71. The van der Waals surface area contributed by atoms with Crippen LogP contribution in [0.15, 0.2) is 35.0 Å². The summed E-state index contributed by atoms with van der Waals surface area (Å²) in [4.78, 5) is 0. The molecule has 0 unspecified atom stereocenters. The molecule has 0 amide bonds.